The van der Waals surface area contributed by atoms with Crippen LogP contribution in [0.2, 0.25) is 0 Å². The van der Waals surface area contributed by atoms with Crippen LogP contribution in [-0.2, 0) is 14.8 Å². The fraction of sp³-hybridized carbons (Fsp3) is 0.462. The van der Waals surface area contributed by atoms with Gasteiger partial charge in [0.25, 0.3) is 0 Å². The summed E-state index contributed by atoms with van der Waals surface area (Å²) in [4.78, 5) is 0.0855. The second-order valence-electron chi connectivity index (χ2n) is 4.71. The third-order valence-electron chi connectivity index (χ3n) is 3.10. The molecular formula is C13H16N2O4S. The van der Waals surface area contributed by atoms with E-state index in [2.05, 4.69) is 0 Å². The molecule has 0 aliphatic carbocycles. The van der Waals surface area contributed by atoms with Gasteiger partial charge in [0.15, 0.2) is 0 Å². The van der Waals surface area contributed by atoms with E-state index in [1.165, 1.54) is 16.4 Å². The number of hydrogen-bond donors (Lipinski definition) is 1. The Morgan fingerprint density at radius 1 is 1.50 bits per heavy atom. The van der Waals surface area contributed by atoms with Gasteiger partial charge in [0.05, 0.1) is 35.3 Å². The fourth-order valence-electron chi connectivity index (χ4n) is 2.18. The van der Waals surface area contributed by atoms with Crippen molar-refractivity contribution in [3.05, 3.63) is 29.8 Å². The molecule has 2 rings (SSSR count). The summed E-state index contributed by atoms with van der Waals surface area (Å²) in [5, 5.41) is 18.0. The zero-order valence-electron chi connectivity index (χ0n) is 11.1. The van der Waals surface area contributed by atoms with Gasteiger partial charge in [0.1, 0.15) is 0 Å². The minimum absolute atomic E-state index is 0.0855. The van der Waals surface area contributed by atoms with Crippen molar-refractivity contribution >= 4 is 10.0 Å². The van der Waals surface area contributed by atoms with Crippen molar-refractivity contribution in [1.82, 2.24) is 4.31 Å². The molecule has 1 aliphatic rings. The maximum Gasteiger partial charge on any atom is 0.243 e. The first-order valence-electron chi connectivity index (χ1n) is 6.24. The van der Waals surface area contributed by atoms with Gasteiger partial charge in [-0.3, -0.25) is 0 Å². The van der Waals surface area contributed by atoms with Gasteiger partial charge in [-0.2, -0.15) is 9.57 Å². The quantitative estimate of drug-likeness (QED) is 0.868. The summed E-state index contributed by atoms with van der Waals surface area (Å²) >= 11 is 0. The highest BCUT2D eigenvalue weighted by molar-refractivity contribution is 7.89. The van der Waals surface area contributed by atoms with Crippen molar-refractivity contribution < 1.29 is 18.3 Å². The zero-order chi connectivity index (χ0) is 14.8. The summed E-state index contributed by atoms with van der Waals surface area (Å²) in [6.07, 6.45) is -0.803. The van der Waals surface area contributed by atoms with Crippen molar-refractivity contribution in [3.8, 4) is 6.07 Å². The molecule has 1 aromatic carbocycles. The van der Waals surface area contributed by atoms with Gasteiger partial charge < -0.3 is 9.84 Å². The lowest BCUT2D eigenvalue weighted by atomic mass is 10.2. The molecule has 2 unspecified atom stereocenters. The van der Waals surface area contributed by atoms with Crippen molar-refractivity contribution in [2.24, 2.45) is 0 Å². The standard InChI is InChI=1S/C13H16N2O4S/c1-10-7-15(8-12(9-16)19-10)20(17,18)13-4-2-3-11(5-13)6-14/h2-5,10,12,16H,7-9H2,1H3. The monoisotopic (exact) mass is 296 g/mol. The van der Waals surface area contributed by atoms with E-state index in [-0.39, 0.29) is 30.7 Å². The molecular weight excluding hydrogens is 280 g/mol. The number of aliphatic hydroxyl groups excluding tert-OH is 1. The second-order valence-corrected chi connectivity index (χ2v) is 6.65. The number of ether oxygens (including phenoxy) is 1. The van der Waals surface area contributed by atoms with Crippen LogP contribution in [0.4, 0.5) is 0 Å². The molecule has 0 radical (unpaired) electrons. The van der Waals surface area contributed by atoms with Gasteiger partial charge in [-0.25, -0.2) is 8.42 Å². The molecule has 1 fully saturated rings. The van der Waals surface area contributed by atoms with Gasteiger partial charge in [0, 0.05) is 13.1 Å². The molecule has 1 saturated heterocycles. The largest absolute Gasteiger partial charge is 0.394 e. The second kappa shape index (κ2) is 5.89. The minimum atomic E-state index is -3.68. The molecule has 7 heteroatoms. The predicted octanol–water partition coefficient (Wildman–Crippen LogP) is 0.329. The van der Waals surface area contributed by atoms with E-state index in [1.807, 2.05) is 6.07 Å². The molecule has 1 N–H and O–H groups in total. The fourth-order valence-corrected chi connectivity index (χ4v) is 3.77. The highest BCUT2D eigenvalue weighted by Crippen LogP contribution is 2.21. The lowest BCUT2D eigenvalue weighted by molar-refractivity contribution is -0.0750. The number of benzene rings is 1. The third-order valence-corrected chi connectivity index (χ3v) is 4.92. The van der Waals surface area contributed by atoms with Crippen LogP contribution in [-0.4, -0.2) is 49.7 Å². The van der Waals surface area contributed by atoms with Crippen molar-refractivity contribution in [2.45, 2.75) is 24.0 Å². The molecule has 2 atom stereocenters. The molecule has 0 spiro atoms. The molecule has 0 bridgehead atoms. The van der Waals surface area contributed by atoms with Gasteiger partial charge in [-0.05, 0) is 25.1 Å². The number of nitrogens with zero attached hydrogens (tertiary/aromatic N) is 2. The Kier molecular flexibility index (Phi) is 4.40. The maximum atomic E-state index is 12.5. The molecule has 1 aromatic rings. The molecule has 1 aliphatic heterocycles. The summed E-state index contributed by atoms with van der Waals surface area (Å²) in [5.74, 6) is 0. The maximum absolute atomic E-state index is 12.5. The highest BCUT2D eigenvalue weighted by atomic mass is 32.2. The van der Waals surface area contributed by atoms with Gasteiger partial charge in [0.2, 0.25) is 10.0 Å². The molecule has 0 amide bonds. The molecule has 20 heavy (non-hydrogen) atoms. The van der Waals surface area contributed by atoms with Gasteiger partial charge in [-0.1, -0.05) is 6.07 Å². The van der Waals surface area contributed by atoms with Crippen LogP contribution in [0.25, 0.3) is 0 Å². The topological polar surface area (TPSA) is 90.6 Å². The lowest BCUT2D eigenvalue weighted by Gasteiger charge is -2.35. The summed E-state index contributed by atoms with van der Waals surface area (Å²) in [6.45, 7) is 1.88. The third kappa shape index (κ3) is 2.99. The number of sulfonamides is 1. The average molecular weight is 296 g/mol. The molecule has 108 valence electrons. The van der Waals surface area contributed by atoms with Crippen LogP contribution in [0, 0.1) is 11.3 Å². The number of aliphatic hydroxyl groups is 1. The van der Waals surface area contributed by atoms with Crippen LogP contribution in [0.3, 0.4) is 0 Å². The van der Waals surface area contributed by atoms with E-state index in [0.29, 0.717) is 5.56 Å². The SMILES string of the molecule is CC1CN(S(=O)(=O)c2cccc(C#N)c2)CC(CO)O1. The Labute approximate surface area is 118 Å². The van der Waals surface area contributed by atoms with Crippen LogP contribution >= 0.6 is 0 Å². The average Bonchev–Trinajstić information content (AvgIpc) is 2.46. The van der Waals surface area contributed by atoms with E-state index in [1.54, 1.807) is 19.1 Å². The number of nitriles is 1. The Bertz CT molecular complexity index is 624. The summed E-state index contributed by atoms with van der Waals surface area (Å²) in [6, 6.07) is 7.83. The van der Waals surface area contributed by atoms with Crippen LogP contribution in [0.1, 0.15) is 12.5 Å². The Balaban J connectivity index is 2.32. The summed E-state index contributed by atoms with van der Waals surface area (Å²) in [5.41, 5.74) is 0.297. The van der Waals surface area contributed by atoms with Crippen molar-refractivity contribution in [3.63, 3.8) is 0 Å². The van der Waals surface area contributed by atoms with E-state index in [9.17, 15) is 8.42 Å². The molecule has 0 saturated carbocycles. The zero-order valence-corrected chi connectivity index (χ0v) is 11.9. The first-order valence-corrected chi connectivity index (χ1v) is 7.68. The summed E-state index contributed by atoms with van der Waals surface area (Å²) in [7, 11) is -3.68. The first-order chi connectivity index (χ1) is 9.47. The van der Waals surface area contributed by atoms with Crippen molar-refractivity contribution in [2.75, 3.05) is 19.7 Å². The van der Waals surface area contributed by atoms with Gasteiger partial charge >= 0.3 is 0 Å². The lowest BCUT2D eigenvalue weighted by Crippen LogP contribution is -2.50. The van der Waals surface area contributed by atoms with E-state index in [4.69, 9.17) is 15.1 Å². The van der Waals surface area contributed by atoms with E-state index in [0.717, 1.165) is 0 Å². The smallest absolute Gasteiger partial charge is 0.243 e. The summed E-state index contributed by atoms with van der Waals surface area (Å²) < 4.78 is 31.8. The molecule has 6 nitrogen and oxygen atoms in total. The number of rotatable bonds is 3. The number of morpholine rings is 1. The number of hydrogen-bond acceptors (Lipinski definition) is 5. The van der Waals surface area contributed by atoms with E-state index >= 15 is 0 Å². The van der Waals surface area contributed by atoms with Crippen LogP contribution < -0.4 is 0 Å². The van der Waals surface area contributed by atoms with E-state index < -0.39 is 16.1 Å². The normalized spacial score (nSPS) is 24.2. The van der Waals surface area contributed by atoms with Gasteiger partial charge in [-0.15, -0.1) is 0 Å². The first kappa shape index (κ1) is 14.9. The Morgan fingerprint density at radius 3 is 2.90 bits per heavy atom. The van der Waals surface area contributed by atoms with Crippen LogP contribution in [0.5, 0.6) is 0 Å². The molecule has 1 heterocycles. The Morgan fingerprint density at radius 2 is 2.25 bits per heavy atom. The van der Waals surface area contributed by atoms with Crippen molar-refractivity contribution in [1.29, 1.82) is 5.26 Å². The van der Waals surface area contributed by atoms with Crippen LogP contribution in [0.15, 0.2) is 29.2 Å². The minimum Gasteiger partial charge on any atom is -0.394 e. The molecule has 0 aromatic heterocycles. The Hall–Kier alpha value is -1.46. The predicted molar refractivity (Wildman–Crippen MR) is 71.3 cm³/mol. The highest BCUT2D eigenvalue weighted by Gasteiger charge is 2.33.